The summed E-state index contributed by atoms with van der Waals surface area (Å²) in [4.78, 5) is 13.9. The van der Waals surface area contributed by atoms with Crippen molar-refractivity contribution in [3.05, 3.63) is 24.3 Å². The summed E-state index contributed by atoms with van der Waals surface area (Å²) < 4.78 is 0. The van der Waals surface area contributed by atoms with E-state index in [-0.39, 0.29) is 11.3 Å². The van der Waals surface area contributed by atoms with Gasteiger partial charge in [-0.15, -0.1) is 11.8 Å². The van der Waals surface area contributed by atoms with Gasteiger partial charge in [-0.3, -0.25) is 4.79 Å². The van der Waals surface area contributed by atoms with E-state index < -0.39 is 0 Å². The summed E-state index contributed by atoms with van der Waals surface area (Å²) in [5.41, 5.74) is 0.667. The van der Waals surface area contributed by atoms with Crippen LogP contribution >= 0.6 is 11.8 Å². The van der Waals surface area contributed by atoms with Crippen molar-refractivity contribution in [1.82, 2.24) is 5.32 Å². The topological polar surface area (TPSA) is 41.1 Å². The predicted octanol–water partition coefficient (Wildman–Crippen LogP) is 3.37. The summed E-state index contributed by atoms with van der Waals surface area (Å²) >= 11 is 1.76. The van der Waals surface area contributed by atoms with Gasteiger partial charge in [0.15, 0.2) is 0 Å². The maximum atomic E-state index is 12.8. The largest absolute Gasteiger partial charge is 0.325 e. The Morgan fingerprint density at radius 1 is 1.45 bits per heavy atom. The van der Waals surface area contributed by atoms with Crippen molar-refractivity contribution in [2.45, 2.75) is 32.1 Å². The molecule has 0 saturated carbocycles. The fraction of sp³-hybridized carbons (Fsp3) is 0.562. The van der Waals surface area contributed by atoms with Crippen molar-refractivity contribution in [2.24, 2.45) is 11.3 Å². The summed E-state index contributed by atoms with van der Waals surface area (Å²) in [5.74, 6) is 1.49. The highest BCUT2D eigenvalue weighted by Crippen LogP contribution is 2.36. The van der Waals surface area contributed by atoms with Crippen LogP contribution < -0.4 is 10.6 Å². The van der Waals surface area contributed by atoms with Gasteiger partial charge in [0.05, 0.1) is 11.1 Å². The van der Waals surface area contributed by atoms with E-state index in [4.69, 9.17) is 0 Å². The first-order valence-corrected chi connectivity index (χ1v) is 8.32. The summed E-state index contributed by atoms with van der Waals surface area (Å²) in [6.07, 6.45) is 0.916. The number of hydrogen-bond donors (Lipinski definition) is 2. The van der Waals surface area contributed by atoms with Crippen LogP contribution in [0.2, 0.25) is 0 Å². The molecule has 1 aliphatic heterocycles. The number of carbonyl (C=O) groups is 1. The lowest BCUT2D eigenvalue weighted by molar-refractivity contribution is -0.126. The molecule has 0 radical (unpaired) electrons. The van der Waals surface area contributed by atoms with Crippen LogP contribution in [0.25, 0.3) is 0 Å². The SMILES string of the molecule is CCSc1ccccc1NC(=O)C1(C(C)C)CCNC1. The average Bonchev–Trinajstić information content (AvgIpc) is 2.92. The number of anilines is 1. The maximum Gasteiger partial charge on any atom is 0.232 e. The molecule has 1 fully saturated rings. The van der Waals surface area contributed by atoms with E-state index in [1.54, 1.807) is 11.8 Å². The third kappa shape index (κ3) is 3.01. The predicted molar refractivity (Wildman–Crippen MR) is 86.2 cm³/mol. The molecule has 0 aromatic heterocycles. The monoisotopic (exact) mass is 292 g/mol. The molecule has 1 atom stereocenters. The van der Waals surface area contributed by atoms with Crippen LogP contribution in [0.4, 0.5) is 5.69 Å². The molecular formula is C16H24N2OS. The second-order valence-electron chi connectivity index (χ2n) is 5.62. The number of rotatable bonds is 5. The summed E-state index contributed by atoms with van der Waals surface area (Å²) in [7, 11) is 0. The van der Waals surface area contributed by atoms with E-state index in [2.05, 4.69) is 37.5 Å². The van der Waals surface area contributed by atoms with Gasteiger partial charge in [0.1, 0.15) is 0 Å². The minimum Gasteiger partial charge on any atom is -0.325 e. The molecular weight excluding hydrogens is 268 g/mol. The van der Waals surface area contributed by atoms with Crippen molar-refractivity contribution in [1.29, 1.82) is 0 Å². The molecule has 0 aliphatic carbocycles. The second-order valence-corrected chi connectivity index (χ2v) is 6.93. The number of benzene rings is 1. The smallest absolute Gasteiger partial charge is 0.232 e. The highest BCUT2D eigenvalue weighted by Gasteiger charge is 2.43. The Kier molecular flexibility index (Phi) is 5.11. The van der Waals surface area contributed by atoms with E-state index in [1.807, 2.05) is 18.2 Å². The molecule has 1 saturated heterocycles. The summed E-state index contributed by atoms with van der Waals surface area (Å²) in [5, 5.41) is 6.49. The number of carbonyl (C=O) groups excluding carboxylic acids is 1. The average molecular weight is 292 g/mol. The molecule has 1 amide bonds. The molecule has 1 aromatic rings. The van der Waals surface area contributed by atoms with Gasteiger partial charge in [-0.1, -0.05) is 32.9 Å². The van der Waals surface area contributed by atoms with Crippen LogP contribution in [0.5, 0.6) is 0 Å². The van der Waals surface area contributed by atoms with Gasteiger partial charge >= 0.3 is 0 Å². The molecule has 1 aromatic carbocycles. The Balaban J connectivity index is 2.19. The van der Waals surface area contributed by atoms with Crippen LogP contribution in [0.1, 0.15) is 27.2 Å². The van der Waals surface area contributed by atoms with Gasteiger partial charge in [-0.05, 0) is 36.8 Å². The second kappa shape index (κ2) is 6.64. The first-order valence-electron chi connectivity index (χ1n) is 7.34. The normalized spacial score (nSPS) is 22.2. The van der Waals surface area contributed by atoms with E-state index in [0.29, 0.717) is 5.92 Å². The first-order chi connectivity index (χ1) is 9.60. The van der Waals surface area contributed by atoms with Crippen LogP contribution in [-0.4, -0.2) is 24.7 Å². The minimum atomic E-state index is -0.274. The van der Waals surface area contributed by atoms with Crippen molar-refractivity contribution >= 4 is 23.4 Å². The Morgan fingerprint density at radius 2 is 2.20 bits per heavy atom. The molecule has 2 rings (SSSR count). The maximum absolute atomic E-state index is 12.8. The quantitative estimate of drug-likeness (QED) is 0.818. The van der Waals surface area contributed by atoms with Crippen LogP contribution in [-0.2, 0) is 4.79 Å². The van der Waals surface area contributed by atoms with Gasteiger partial charge in [0, 0.05) is 11.4 Å². The number of amides is 1. The molecule has 1 aliphatic rings. The Bertz CT molecular complexity index is 467. The molecule has 110 valence electrons. The molecule has 1 unspecified atom stereocenters. The lowest BCUT2D eigenvalue weighted by atomic mass is 9.75. The first kappa shape index (κ1) is 15.4. The fourth-order valence-corrected chi connectivity index (χ4v) is 3.52. The molecule has 2 N–H and O–H groups in total. The molecule has 0 bridgehead atoms. The van der Waals surface area contributed by atoms with Crippen LogP contribution in [0.15, 0.2) is 29.2 Å². The van der Waals surface area contributed by atoms with Gasteiger partial charge < -0.3 is 10.6 Å². The number of para-hydroxylation sites is 1. The molecule has 0 spiro atoms. The van der Waals surface area contributed by atoms with E-state index >= 15 is 0 Å². The molecule has 3 nitrogen and oxygen atoms in total. The third-order valence-corrected chi connectivity index (χ3v) is 5.14. The summed E-state index contributed by atoms with van der Waals surface area (Å²) in [6.45, 7) is 8.11. The fourth-order valence-electron chi connectivity index (χ4n) is 2.76. The Hall–Kier alpha value is -1.00. The van der Waals surface area contributed by atoms with E-state index in [1.165, 1.54) is 0 Å². The van der Waals surface area contributed by atoms with Gasteiger partial charge in [0.25, 0.3) is 0 Å². The lowest BCUT2D eigenvalue weighted by Crippen LogP contribution is -2.42. The van der Waals surface area contributed by atoms with Crippen LogP contribution in [0.3, 0.4) is 0 Å². The molecule has 4 heteroatoms. The van der Waals surface area contributed by atoms with Crippen LogP contribution in [0, 0.1) is 11.3 Å². The zero-order valence-corrected chi connectivity index (χ0v) is 13.3. The standard InChI is InChI=1S/C16H24N2OS/c1-4-20-14-8-6-5-7-13(14)18-15(19)16(12(2)3)9-10-17-11-16/h5-8,12,17H,4,9-11H2,1-3H3,(H,18,19). The van der Waals surface area contributed by atoms with Crippen molar-refractivity contribution in [3.63, 3.8) is 0 Å². The lowest BCUT2D eigenvalue weighted by Gasteiger charge is -2.31. The zero-order chi connectivity index (χ0) is 14.6. The third-order valence-electron chi connectivity index (χ3n) is 4.18. The van der Waals surface area contributed by atoms with E-state index in [0.717, 1.165) is 35.8 Å². The molecule has 20 heavy (non-hydrogen) atoms. The van der Waals surface area contributed by atoms with E-state index in [9.17, 15) is 4.79 Å². The van der Waals surface area contributed by atoms with Gasteiger partial charge in [0.2, 0.25) is 5.91 Å². The Labute approximate surface area is 125 Å². The molecule has 1 heterocycles. The zero-order valence-electron chi connectivity index (χ0n) is 12.5. The Morgan fingerprint density at radius 3 is 2.80 bits per heavy atom. The highest BCUT2D eigenvalue weighted by atomic mass is 32.2. The van der Waals surface area contributed by atoms with Crippen molar-refractivity contribution in [3.8, 4) is 0 Å². The number of nitrogens with one attached hydrogen (secondary N) is 2. The minimum absolute atomic E-state index is 0.154. The van der Waals surface area contributed by atoms with Gasteiger partial charge in [-0.25, -0.2) is 0 Å². The van der Waals surface area contributed by atoms with Crippen molar-refractivity contribution < 1.29 is 4.79 Å². The number of hydrogen-bond acceptors (Lipinski definition) is 3. The van der Waals surface area contributed by atoms with Crippen molar-refractivity contribution in [2.75, 3.05) is 24.2 Å². The summed E-state index contributed by atoms with van der Waals surface area (Å²) in [6, 6.07) is 8.05. The number of thioether (sulfide) groups is 1. The highest BCUT2D eigenvalue weighted by molar-refractivity contribution is 7.99. The van der Waals surface area contributed by atoms with Gasteiger partial charge in [-0.2, -0.15) is 0 Å².